The summed E-state index contributed by atoms with van der Waals surface area (Å²) in [6.45, 7) is 13.5. The number of nitrogens with zero attached hydrogens (tertiary/aromatic N) is 2. The molecule has 0 unspecified atom stereocenters. The van der Waals surface area contributed by atoms with Gasteiger partial charge in [0.25, 0.3) is 0 Å². The van der Waals surface area contributed by atoms with Crippen LogP contribution in [-0.2, 0) is 0 Å². The first-order chi connectivity index (χ1) is 15.7. The summed E-state index contributed by atoms with van der Waals surface area (Å²) in [6.07, 6.45) is 1.96. The van der Waals surface area contributed by atoms with Crippen LogP contribution < -0.4 is 14.2 Å². The first-order valence-corrected chi connectivity index (χ1v) is 11.8. The average Bonchev–Trinajstić information content (AvgIpc) is 2.84. The molecule has 32 heavy (non-hydrogen) atoms. The van der Waals surface area contributed by atoms with Gasteiger partial charge in [0, 0.05) is 23.6 Å². The molecule has 0 radical (unpaired) electrons. The first kappa shape index (κ1) is 23.9. The first-order valence-electron chi connectivity index (χ1n) is 11.8. The molecule has 1 aromatic heterocycles. The van der Waals surface area contributed by atoms with Gasteiger partial charge in [0.2, 0.25) is 0 Å². The highest BCUT2D eigenvalue weighted by Gasteiger charge is 2.11. The number of ether oxygens (including phenoxy) is 3. The summed E-state index contributed by atoms with van der Waals surface area (Å²) >= 11 is 0. The number of fused-ring (bicyclic) bond motifs is 1. The number of hydrogen-bond acceptors (Lipinski definition) is 5. The van der Waals surface area contributed by atoms with E-state index >= 15 is 0 Å². The molecule has 3 rings (SSSR count). The van der Waals surface area contributed by atoms with E-state index in [4.69, 9.17) is 19.2 Å². The van der Waals surface area contributed by atoms with Crippen LogP contribution in [0.2, 0.25) is 0 Å². The summed E-state index contributed by atoms with van der Waals surface area (Å²) in [7, 11) is 0. The normalized spacial score (nSPS) is 11.2. The lowest BCUT2D eigenvalue weighted by Gasteiger charge is -2.19. The molecule has 0 bridgehead atoms. The van der Waals surface area contributed by atoms with Crippen LogP contribution in [-0.4, -0.2) is 49.3 Å². The topological polar surface area (TPSA) is 43.8 Å². The Labute approximate surface area is 192 Å². The molecule has 0 saturated carbocycles. The Morgan fingerprint density at radius 1 is 0.719 bits per heavy atom. The highest BCUT2D eigenvalue weighted by molar-refractivity contribution is 5.89. The molecule has 3 aromatic rings. The Balaban J connectivity index is 1.91. The summed E-state index contributed by atoms with van der Waals surface area (Å²) in [5.74, 6) is 2.56. The third kappa shape index (κ3) is 6.36. The lowest BCUT2D eigenvalue weighted by atomic mass is 10.1. The zero-order valence-corrected chi connectivity index (χ0v) is 19.9. The van der Waals surface area contributed by atoms with Gasteiger partial charge in [0.15, 0.2) is 0 Å². The van der Waals surface area contributed by atoms with Gasteiger partial charge in [-0.3, -0.25) is 0 Å². The standard InChI is InChI=1S/C27H36N2O3/c1-5-16-30-22-11-9-21(10-12-22)26-20-27(32-18-15-29(7-3)8-4)24-19-23(31-17-6-2)13-14-25(24)28-26/h9-14,19-20H,5-8,15-18H2,1-4H3. The fraction of sp³-hybridized carbons (Fsp3) is 0.444. The van der Waals surface area contributed by atoms with Gasteiger partial charge < -0.3 is 19.1 Å². The van der Waals surface area contributed by atoms with Crippen molar-refractivity contribution in [1.82, 2.24) is 9.88 Å². The molecular formula is C27H36N2O3. The largest absolute Gasteiger partial charge is 0.494 e. The van der Waals surface area contributed by atoms with Gasteiger partial charge in [0.05, 0.1) is 24.4 Å². The highest BCUT2D eigenvalue weighted by atomic mass is 16.5. The lowest BCUT2D eigenvalue weighted by Crippen LogP contribution is -2.27. The van der Waals surface area contributed by atoms with Crippen LogP contribution in [0, 0.1) is 0 Å². The van der Waals surface area contributed by atoms with Crippen LogP contribution in [0.25, 0.3) is 22.2 Å². The van der Waals surface area contributed by atoms with E-state index in [1.807, 2.05) is 36.4 Å². The molecule has 5 heteroatoms. The molecule has 0 saturated heterocycles. The van der Waals surface area contributed by atoms with Gasteiger partial charge in [-0.2, -0.15) is 0 Å². The van der Waals surface area contributed by atoms with Gasteiger partial charge in [-0.15, -0.1) is 0 Å². The maximum absolute atomic E-state index is 6.29. The van der Waals surface area contributed by atoms with Crippen molar-refractivity contribution < 1.29 is 14.2 Å². The maximum atomic E-state index is 6.29. The Bertz CT molecular complexity index is 969. The van der Waals surface area contributed by atoms with Crippen LogP contribution in [0.4, 0.5) is 0 Å². The van der Waals surface area contributed by atoms with Crippen LogP contribution in [0.1, 0.15) is 40.5 Å². The van der Waals surface area contributed by atoms with E-state index in [0.29, 0.717) is 13.2 Å². The molecule has 0 amide bonds. The third-order valence-corrected chi connectivity index (χ3v) is 5.40. The number of aromatic nitrogens is 1. The summed E-state index contributed by atoms with van der Waals surface area (Å²) in [6, 6.07) is 16.2. The summed E-state index contributed by atoms with van der Waals surface area (Å²) < 4.78 is 17.9. The van der Waals surface area contributed by atoms with Crippen molar-refractivity contribution >= 4 is 10.9 Å². The molecule has 2 aromatic carbocycles. The van der Waals surface area contributed by atoms with Crippen molar-refractivity contribution in [2.75, 3.05) is 39.5 Å². The van der Waals surface area contributed by atoms with Crippen molar-refractivity contribution in [3.8, 4) is 28.5 Å². The van der Waals surface area contributed by atoms with Crippen LogP contribution in [0.15, 0.2) is 48.5 Å². The molecule has 1 heterocycles. The highest BCUT2D eigenvalue weighted by Crippen LogP contribution is 2.33. The SMILES string of the molecule is CCCOc1ccc(-c2cc(OCCN(CC)CC)c3cc(OCCC)ccc3n2)cc1. The zero-order valence-electron chi connectivity index (χ0n) is 19.9. The Kier molecular flexibility index (Phi) is 9.17. The van der Waals surface area contributed by atoms with E-state index in [0.717, 1.165) is 78.5 Å². The molecule has 0 aliphatic rings. The van der Waals surface area contributed by atoms with Crippen molar-refractivity contribution in [2.24, 2.45) is 0 Å². The molecule has 172 valence electrons. The number of rotatable bonds is 13. The van der Waals surface area contributed by atoms with Crippen molar-refractivity contribution in [3.05, 3.63) is 48.5 Å². The molecule has 0 atom stereocenters. The predicted molar refractivity (Wildman–Crippen MR) is 132 cm³/mol. The Hall–Kier alpha value is -2.79. The maximum Gasteiger partial charge on any atom is 0.131 e. The van der Waals surface area contributed by atoms with Gasteiger partial charge >= 0.3 is 0 Å². The zero-order chi connectivity index (χ0) is 22.8. The Morgan fingerprint density at radius 2 is 1.38 bits per heavy atom. The number of likely N-dealkylation sites (N-methyl/N-ethyl adjacent to an activating group) is 1. The minimum absolute atomic E-state index is 0.629. The van der Waals surface area contributed by atoms with E-state index in [1.54, 1.807) is 0 Å². The minimum Gasteiger partial charge on any atom is -0.494 e. The average molecular weight is 437 g/mol. The van der Waals surface area contributed by atoms with E-state index in [9.17, 15) is 0 Å². The molecule has 0 spiro atoms. The molecule has 0 N–H and O–H groups in total. The smallest absolute Gasteiger partial charge is 0.131 e. The van der Waals surface area contributed by atoms with E-state index < -0.39 is 0 Å². The molecule has 5 nitrogen and oxygen atoms in total. The lowest BCUT2D eigenvalue weighted by molar-refractivity contribution is 0.224. The van der Waals surface area contributed by atoms with Gasteiger partial charge in [-0.1, -0.05) is 27.7 Å². The van der Waals surface area contributed by atoms with Gasteiger partial charge in [-0.25, -0.2) is 4.98 Å². The third-order valence-electron chi connectivity index (χ3n) is 5.40. The summed E-state index contributed by atoms with van der Waals surface area (Å²) in [4.78, 5) is 7.26. The number of hydrogen-bond donors (Lipinski definition) is 0. The van der Waals surface area contributed by atoms with Crippen LogP contribution >= 0.6 is 0 Å². The number of pyridine rings is 1. The van der Waals surface area contributed by atoms with Crippen molar-refractivity contribution in [3.63, 3.8) is 0 Å². The monoisotopic (exact) mass is 436 g/mol. The second-order valence-electron chi connectivity index (χ2n) is 7.78. The van der Waals surface area contributed by atoms with Crippen LogP contribution in [0.5, 0.6) is 17.2 Å². The van der Waals surface area contributed by atoms with E-state index in [-0.39, 0.29) is 0 Å². The molecule has 0 aliphatic carbocycles. The fourth-order valence-corrected chi connectivity index (χ4v) is 3.52. The van der Waals surface area contributed by atoms with E-state index in [2.05, 4.69) is 44.7 Å². The Morgan fingerprint density at radius 3 is 2.03 bits per heavy atom. The number of benzene rings is 2. The van der Waals surface area contributed by atoms with Gasteiger partial charge in [0.1, 0.15) is 23.9 Å². The fourth-order valence-electron chi connectivity index (χ4n) is 3.52. The molecule has 0 fully saturated rings. The van der Waals surface area contributed by atoms with Crippen molar-refractivity contribution in [1.29, 1.82) is 0 Å². The van der Waals surface area contributed by atoms with E-state index in [1.165, 1.54) is 0 Å². The van der Waals surface area contributed by atoms with Crippen LogP contribution in [0.3, 0.4) is 0 Å². The minimum atomic E-state index is 0.629. The van der Waals surface area contributed by atoms with Gasteiger partial charge in [-0.05, 0) is 68.4 Å². The quantitative estimate of drug-likeness (QED) is 0.319. The summed E-state index contributed by atoms with van der Waals surface area (Å²) in [5.41, 5.74) is 2.82. The van der Waals surface area contributed by atoms with Crippen molar-refractivity contribution in [2.45, 2.75) is 40.5 Å². The second-order valence-corrected chi connectivity index (χ2v) is 7.78. The predicted octanol–water partition coefficient (Wildman–Crippen LogP) is 6.20. The second kappa shape index (κ2) is 12.3. The summed E-state index contributed by atoms with van der Waals surface area (Å²) in [5, 5.41) is 0.977. The molecule has 0 aliphatic heterocycles. The molecular weight excluding hydrogens is 400 g/mol.